The van der Waals surface area contributed by atoms with E-state index in [-0.39, 0.29) is 0 Å². The Bertz CT molecular complexity index is 722. The van der Waals surface area contributed by atoms with Crippen molar-refractivity contribution in [2.24, 2.45) is 0 Å². The summed E-state index contributed by atoms with van der Waals surface area (Å²) >= 11 is 6.17. The number of hydrogen-bond donors (Lipinski definition) is 1. The summed E-state index contributed by atoms with van der Waals surface area (Å²) in [6.45, 7) is 3.75. The molecule has 0 saturated carbocycles. The van der Waals surface area contributed by atoms with Crippen LogP contribution in [0.25, 0.3) is 10.9 Å². The van der Waals surface area contributed by atoms with E-state index in [1.54, 1.807) is 0 Å². The van der Waals surface area contributed by atoms with E-state index < -0.39 is 0 Å². The number of piperidine rings is 1. The van der Waals surface area contributed by atoms with E-state index in [1.165, 1.54) is 67.5 Å². The lowest BCUT2D eigenvalue weighted by molar-refractivity contribution is -0.0599. The molecule has 1 N–H and O–H groups in total. The van der Waals surface area contributed by atoms with Crippen LogP contribution in [0.15, 0.2) is 18.2 Å². The van der Waals surface area contributed by atoms with Crippen molar-refractivity contribution in [3.05, 3.63) is 34.5 Å². The second kappa shape index (κ2) is 4.98. The third-order valence-electron chi connectivity index (χ3n) is 5.91. The van der Waals surface area contributed by atoms with Crippen LogP contribution in [-0.2, 0) is 6.42 Å². The zero-order valence-electron chi connectivity index (χ0n) is 12.8. The van der Waals surface area contributed by atoms with Gasteiger partial charge in [0.1, 0.15) is 0 Å². The molecule has 0 unspecified atom stereocenters. The number of halogens is 1. The molecule has 2 aromatic rings. The first kappa shape index (κ1) is 13.4. The molecule has 22 heavy (non-hydrogen) atoms. The van der Waals surface area contributed by atoms with Gasteiger partial charge in [-0.2, -0.15) is 0 Å². The summed E-state index contributed by atoms with van der Waals surface area (Å²) < 4.78 is 0. The smallest absolute Gasteiger partial charge is 0.0628 e. The Labute approximate surface area is 136 Å². The number of rotatable bonds is 0. The molecule has 116 valence electrons. The van der Waals surface area contributed by atoms with E-state index in [2.05, 4.69) is 26.9 Å². The molecule has 1 aromatic heterocycles. The van der Waals surface area contributed by atoms with Gasteiger partial charge in [-0.25, -0.2) is 0 Å². The molecule has 3 nitrogen and oxygen atoms in total. The predicted octanol–water partition coefficient (Wildman–Crippen LogP) is 3.94. The molecule has 2 fully saturated rings. The highest BCUT2D eigenvalue weighted by atomic mass is 35.5. The maximum atomic E-state index is 6.17. The number of hydrogen-bond acceptors (Lipinski definition) is 2. The van der Waals surface area contributed by atoms with Crippen LogP contribution in [0.5, 0.6) is 0 Å². The number of H-pyrrole nitrogens is 1. The fourth-order valence-electron chi connectivity index (χ4n) is 4.93. The Kier molecular flexibility index (Phi) is 3.04. The summed E-state index contributed by atoms with van der Waals surface area (Å²) in [6.07, 6.45) is 7.21. The van der Waals surface area contributed by atoms with Crippen LogP contribution in [0, 0.1) is 0 Å². The number of aromatic amines is 1. The Hall–Kier alpha value is -1.03. The van der Waals surface area contributed by atoms with Crippen LogP contribution in [0.1, 0.15) is 43.0 Å². The molecule has 3 aliphatic heterocycles. The molecule has 0 spiro atoms. The Morgan fingerprint density at radius 3 is 3.00 bits per heavy atom. The molecule has 0 amide bonds. The van der Waals surface area contributed by atoms with Gasteiger partial charge in [-0.3, -0.25) is 9.80 Å². The first-order valence-electron chi connectivity index (χ1n) is 8.61. The lowest BCUT2D eigenvalue weighted by Crippen LogP contribution is -2.58. The van der Waals surface area contributed by atoms with Crippen molar-refractivity contribution < 1.29 is 0 Å². The SMILES string of the molecule is Clc1ccc2c3c([nH]c2c1)[C@H]1CCN2CCCC[C@H]2N1CC3. The summed E-state index contributed by atoms with van der Waals surface area (Å²) in [5.74, 6) is 0. The largest absolute Gasteiger partial charge is 0.357 e. The van der Waals surface area contributed by atoms with Crippen molar-refractivity contribution in [3.8, 4) is 0 Å². The molecule has 4 heteroatoms. The average Bonchev–Trinajstić information content (AvgIpc) is 2.92. The normalized spacial score (nSPS) is 29.1. The van der Waals surface area contributed by atoms with E-state index in [0.29, 0.717) is 12.2 Å². The van der Waals surface area contributed by atoms with Gasteiger partial charge in [-0.15, -0.1) is 0 Å². The quantitative estimate of drug-likeness (QED) is 0.795. The fraction of sp³-hybridized carbons (Fsp3) is 0.556. The summed E-state index contributed by atoms with van der Waals surface area (Å²) in [7, 11) is 0. The van der Waals surface area contributed by atoms with Crippen LogP contribution in [0.4, 0.5) is 0 Å². The zero-order valence-corrected chi connectivity index (χ0v) is 13.6. The van der Waals surface area contributed by atoms with E-state index in [0.717, 1.165) is 11.4 Å². The van der Waals surface area contributed by atoms with Crippen LogP contribution in [0.2, 0.25) is 5.02 Å². The van der Waals surface area contributed by atoms with Crippen molar-refractivity contribution in [2.75, 3.05) is 19.6 Å². The molecule has 5 rings (SSSR count). The van der Waals surface area contributed by atoms with Crippen molar-refractivity contribution in [2.45, 2.75) is 44.3 Å². The molecule has 3 aliphatic rings. The highest BCUT2D eigenvalue weighted by Gasteiger charge is 2.41. The van der Waals surface area contributed by atoms with Gasteiger partial charge in [-0.05, 0) is 56.3 Å². The van der Waals surface area contributed by atoms with Crippen LogP contribution >= 0.6 is 11.6 Å². The highest BCUT2D eigenvalue weighted by molar-refractivity contribution is 6.31. The predicted molar refractivity (Wildman–Crippen MR) is 90.3 cm³/mol. The number of nitrogens with one attached hydrogen (secondary N) is 1. The second-order valence-corrected chi connectivity index (χ2v) is 7.45. The van der Waals surface area contributed by atoms with Crippen molar-refractivity contribution in [1.82, 2.24) is 14.8 Å². The zero-order chi connectivity index (χ0) is 14.7. The van der Waals surface area contributed by atoms with E-state index in [9.17, 15) is 0 Å². The van der Waals surface area contributed by atoms with Crippen molar-refractivity contribution >= 4 is 22.5 Å². The molecule has 1 aromatic carbocycles. The van der Waals surface area contributed by atoms with E-state index in [1.807, 2.05) is 6.07 Å². The number of aromatic nitrogens is 1. The number of fused-ring (bicyclic) bond motifs is 7. The summed E-state index contributed by atoms with van der Waals surface area (Å²) in [6, 6.07) is 6.87. The average molecular weight is 316 g/mol. The topological polar surface area (TPSA) is 22.3 Å². The highest BCUT2D eigenvalue weighted by Crippen LogP contribution is 2.42. The minimum atomic E-state index is 0.578. The standard InChI is InChI=1S/C18H22ClN3/c19-12-4-5-13-14-6-10-22-16(18(14)20-15(13)11-12)7-9-21-8-2-1-3-17(21)22/h4-5,11,16-17,20H,1-3,6-10H2/t16-,17-/m1/s1. The van der Waals surface area contributed by atoms with E-state index in [4.69, 9.17) is 11.6 Å². The van der Waals surface area contributed by atoms with Gasteiger partial charge >= 0.3 is 0 Å². The summed E-state index contributed by atoms with van der Waals surface area (Å²) in [5, 5.41) is 2.20. The van der Waals surface area contributed by atoms with Crippen LogP contribution < -0.4 is 0 Å². The molecule has 4 heterocycles. The van der Waals surface area contributed by atoms with Gasteiger partial charge in [-0.1, -0.05) is 17.7 Å². The van der Waals surface area contributed by atoms with Crippen LogP contribution in [-0.4, -0.2) is 40.6 Å². The Morgan fingerprint density at radius 1 is 1.09 bits per heavy atom. The molecule has 2 saturated heterocycles. The molecule has 0 radical (unpaired) electrons. The van der Waals surface area contributed by atoms with Gasteiger partial charge in [0.05, 0.1) is 12.2 Å². The van der Waals surface area contributed by atoms with Gasteiger partial charge < -0.3 is 4.98 Å². The third-order valence-corrected chi connectivity index (χ3v) is 6.14. The fourth-order valence-corrected chi connectivity index (χ4v) is 5.10. The molecular weight excluding hydrogens is 294 g/mol. The minimum absolute atomic E-state index is 0.578. The van der Waals surface area contributed by atoms with Crippen LogP contribution in [0.3, 0.4) is 0 Å². The minimum Gasteiger partial charge on any atom is -0.357 e. The molecule has 0 bridgehead atoms. The molecule has 2 atom stereocenters. The van der Waals surface area contributed by atoms with Gasteiger partial charge in [0, 0.05) is 34.7 Å². The van der Waals surface area contributed by atoms with Crippen molar-refractivity contribution in [1.29, 1.82) is 0 Å². The summed E-state index contributed by atoms with van der Waals surface area (Å²) in [4.78, 5) is 9.19. The Morgan fingerprint density at radius 2 is 2.05 bits per heavy atom. The maximum absolute atomic E-state index is 6.17. The molecule has 0 aliphatic carbocycles. The lowest BCUT2D eigenvalue weighted by Gasteiger charge is -2.52. The van der Waals surface area contributed by atoms with E-state index >= 15 is 0 Å². The number of benzene rings is 1. The first-order valence-corrected chi connectivity index (χ1v) is 8.99. The van der Waals surface area contributed by atoms with Gasteiger partial charge in [0.25, 0.3) is 0 Å². The first-order chi connectivity index (χ1) is 10.8. The molecular formula is C18H22ClN3. The second-order valence-electron chi connectivity index (χ2n) is 7.01. The Balaban J connectivity index is 1.58. The number of nitrogens with zero attached hydrogens (tertiary/aromatic N) is 2. The van der Waals surface area contributed by atoms with Gasteiger partial charge in [0.15, 0.2) is 0 Å². The maximum Gasteiger partial charge on any atom is 0.0628 e. The monoisotopic (exact) mass is 315 g/mol. The van der Waals surface area contributed by atoms with Gasteiger partial charge in [0.2, 0.25) is 0 Å². The lowest BCUT2D eigenvalue weighted by atomic mass is 9.90. The third kappa shape index (κ3) is 1.89. The summed E-state index contributed by atoms with van der Waals surface area (Å²) in [5.41, 5.74) is 4.22. The van der Waals surface area contributed by atoms with Crippen molar-refractivity contribution in [3.63, 3.8) is 0 Å².